The Hall–Kier alpha value is -2.89. The van der Waals surface area contributed by atoms with Crippen molar-refractivity contribution >= 4 is 11.5 Å². The van der Waals surface area contributed by atoms with E-state index in [9.17, 15) is 13.6 Å². The minimum atomic E-state index is -1.09. The van der Waals surface area contributed by atoms with Crippen LogP contribution in [0.15, 0.2) is 36.4 Å². The summed E-state index contributed by atoms with van der Waals surface area (Å²) >= 11 is 0. The first-order chi connectivity index (χ1) is 11.4. The summed E-state index contributed by atoms with van der Waals surface area (Å²) in [6, 6.07) is 6.74. The molecule has 6 heteroatoms. The van der Waals surface area contributed by atoms with Gasteiger partial charge in [0.05, 0.1) is 14.2 Å². The molecule has 0 aliphatic rings. The molecule has 0 heterocycles. The van der Waals surface area contributed by atoms with Crippen molar-refractivity contribution in [1.29, 1.82) is 0 Å². The van der Waals surface area contributed by atoms with Crippen LogP contribution >= 0.6 is 0 Å². The number of carbonyl (C=O) groups is 1. The molecule has 24 heavy (non-hydrogen) atoms. The Labute approximate surface area is 138 Å². The van der Waals surface area contributed by atoms with Gasteiger partial charge in [-0.1, -0.05) is 6.07 Å². The van der Waals surface area contributed by atoms with Crippen LogP contribution < -0.4 is 9.47 Å². The van der Waals surface area contributed by atoms with Crippen molar-refractivity contribution in [2.75, 3.05) is 14.2 Å². The number of aliphatic carboxylic acids is 1. The molecule has 2 rings (SSSR count). The van der Waals surface area contributed by atoms with Crippen LogP contribution in [0.2, 0.25) is 0 Å². The van der Waals surface area contributed by atoms with Gasteiger partial charge in [-0.25, -0.2) is 13.6 Å². The SMILES string of the molecule is COc1cc(/C(C)=C/C(=O)O)cc(-c2ccc(F)c(F)c2)c1OC. The van der Waals surface area contributed by atoms with Crippen molar-refractivity contribution in [3.8, 4) is 22.6 Å². The molecule has 0 amide bonds. The molecule has 0 saturated carbocycles. The zero-order chi connectivity index (χ0) is 17.9. The third kappa shape index (κ3) is 3.53. The van der Waals surface area contributed by atoms with Crippen molar-refractivity contribution in [3.63, 3.8) is 0 Å². The summed E-state index contributed by atoms with van der Waals surface area (Å²) < 4.78 is 37.4. The number of methoxy groups -OCH3 is 2. The lowest BCUT2D eigenvalue weighted by atomic mass is 9.97. The second-order valence-electron chi connectivity index (χ2n) is 5.05. The van der Waals surface area contributed by atoms with Gasteiger partial charge in [-0.15, -0.1) is 0 Å². The molecule has 0 aromatic heterocycles. The lowest BCUT2D eigenvalue weighted by molar-refractivity contribution is -0.131. The first-order valence-corrected chi connectivity index (χ1v) is 7.00. The molecule has 2 aromatic carbocycles. The first kappa shape index (κ1) is 17.5. The van der Waals surface area contributed by atoms with Gasteiger partial charge in [0, 0.05) is 11.6 Å². The highest BCUT2D eigenvalue weighted by atomic mass is 19.2. The van der Waals surface area contributed by atoms with Crippen molar-refractivity contribution in [1.82, 2.24) is 0 Å². The average molecular weight is 334 g/mol. The molecular weight excluding hydrogens is 318 g/mol. The van der Waals surface area contributed by atoms with Gasteiger partial charge in [0.1, 0.15) is 0 Å². The van der Waals surface area contributed by atoms with E-state index in [1.165, 1.54) is 20.3 Å². The summed E-state index contributed by atoms with van der Waals surface area (Å²) in [7, 11) is 2.87. The molecule has 0 saturated heterocycles. The van der Waals surface area contributed by atoms with E-state index in [1.54, 1.807) is 19.1 Å². The van der Waals surface area contributed by atoms with E-state index in [2.05, 4.69) is 0 Å². The van der Waals surface area contributed by atoms with Gasteiger partial charge in [0.2, 0.25) is 0 Å². The van der Waals surface area contributed by atoms with E-state index in [-0.39, 0.29) is 0 Å². The predicted molar refractivity (Wildman–Crippen MR) is 86.2 cm³/mol. The highest BCUT2D eigenvalue weighted by molar-refractivity contribution is 5.91. The summed E-state index contributed by atoms with van der Waals surface area (Å²) in [5, 5.41) is 8.90. The van der Waals surface area contributed by atoms with Gasteiger partial charge in [0.15, 0.2) is 23.1 Å². The quantitative estimate of drug-likeness (QED) is 0.835. The van der Waals surface area contributed by atoms with Crippen LogP contribution in [-0.2, 0) is 4.79 Å². The molecule has 1 N–H and O–H groups in total. The van der Waals surface area contributed by atoms with Gasteiger partial charge >= 0.3 is 5.97 Å². The summed E-state index contributed by atoms with van der Waals surface area (Å²) in [4.78, 5) is 10.9. The number of halogens is 2. The Kier molecular flexibility index (Phi) is 5.18. The maximum absolute atomic E-state index is 13.6. The van der Waals surface area contributed by atoms with Gasteiger partial charge in [-0.2, -0.15) is 0 Å². The van der Waals surface area contributed by atoms with Gasteiger partial charge in [-0.3, -0.25) is 0 Å². The van der Waals surface area contributed by atoms with Crippen LogP contribution in [-0.4, -0.2) is 25.3 Å². The van der Waals surface area contributed by atoms with Crippen molar-refractivity contribution < 1.29 is 28.2 Å². The topological polar surface area (TPSA) is 55.8 Å². The smallest absolute Gasteiger partial charge is 0.328 e. The van der Waals surface area contributed by atoms with Crippen LogP contribution in [0.3, 0.4) is 0 Å². The minimum absolute atomic E-state index is 0.343. The van der Waals surface area contributed by atoms with E-state index in [0.29, 0.717) is 33.8 Å². The van der Waals surface area contributed by atoms with Gasteiger partial charge in [0.25, 0.3) is 0 Å². The zero-order valence-electron chi connectivity index (χ0n) is 13.4. The Morgan fingerprint density at radius 3 is 2.33 bits per heavy atom. The number of rotatable bonds is 5. The fraction of sp³-hybridized carbons (Fsp3) is 0.167. The second kappa shape index (κ2) is 7.12. The van der Waals surface area contributed by atoms with E-state index in [0.717, 1.165) is 18.2 Å². The van der Waals surface area contributed by atoms with Crippen LogP contribution in [0, 0.1) is 11.6 Å². The largest absolute Gasteiger partial charge is 0.493 e. The second-order valence-corrected chi connectivity index (χ2v) is 5.05. The predicted octanol–water partition coefficient (Wildman–Crippen LogP) is 4.14. The monoisotopic (exact) mass is 334 g/mol. The summed E-state index contributed by atoms with van der Waals surface area (Å²) in [5.41, 5.74) is 1.89. The molecule has 0 radical (unpaired) electrons. The molecule has 0 fully saturated rings. The average Bonchev–Trinajstić information content (AvgIpc) is 2.55. The lowest BCUT2D eigenvalue weighted by Gasteiger charge is -2.16. The molecule has 0 spiro atoms. The number of allylic oxidation sites excluding steroid dienone is 1. The van der Waals surface area contributed by atoms with Gasteiger partial charge < -0.3 is 14.6 Å². The standard InChI is InChI=1S/C18H16F2O4/c1-10(6-17(21)22)12-7-13(18(24-3)16(9-12)23-2)11-4-5-14(19)15(20)8-11/h4-9H,1-3H3,(H,21,22)/b10-6+. The number of carboxylic acid groups (broad SMARTS) is 1. The molecule has 126 valence electrons. The molecule has 4 nitrogen and oxygen atoms in total. The maximum atomic E-state index is 13.6. The lowest BCUT2D eigenvalue weighted by Crippen LogP contribution is -1.97. The van der Waals surface area contributed by atoms with Crippen LogP contribution in [0.25, 0.3) is 16.7 Å². The first-order valence-electron chi connectivity index (χ1n) is 7.00. The molecule has 0 aliphatic carbocycles. The summed E-state index contributed by atoms with van der Waals surface area (Å²) in [6.07, 6.45) is 1.05. The Bertz CT molecular complexity index is 813. The fourth-order valence-electron chi connectivity index (χ4n) is 2.34. The Morgan fingerprint density at radius 1 is 1.08 bits per heavy atom. The maximum Gasteiger partial charge on any atom is 0.328 e. The van der Waals surface area contributed by atoms with Crippen molar-refractivity contribution in [2.24, 2.45) is 0 Å². The van der Waals surface area contributed by atoms with Crippen LogP contribution in [0.4, 0.5) is 8.78 Å². The van der Waals surface area contributed by atoms with Crippen molar-refractivity contribution in [3.05, 3.63) is 53.6 Å². The number of carboxylic acids is 1. The van der Waals surface area contributed by atoms with Gasteiger partial charge in [-0.05, 0) is 47.9 Å². The van der Waals surface area contributed by atoms with Crippen LogP contribution in [0.1, 0.15) is 12.5 Å². The summed E-state index contributed by atoms with van der Waals surface area (Å²) in [6.45, 7) is 1.63. The number of benzene rings is 2. The molecule has 0 aliphatic heterocycles. The third-order valence-electron chi connectivity index (χ3n) is 3.50. The molecule has 0 bridgehead atoms. The molecule has 2 aromatic rings. The number of hydrogen-bond donors (Lipinski definition) is 1. The zero-order valence-corrected chi connectivity index (χ0v) is 13.4. The third-order valence-corrected chi connectivity index (χ3v) is 3.50. The number of ether oxygens (including phenoxy) is 2. The number of hydrogen-bond acceptors (Lipinski definition) is 3. The van der Waals surface area contributed by atoms with Crippen LogP contribution in [0.5, 0.6) is 11.5 Å². The molecule has 0 atom stereocenters. The molecule has 0 unspecified atom stereocenters. The summed E-state index contributed by atoms with van der Waals surface area (Å²) in [5.74, 6) is -2.33. The fourth-order valence-corrected chi connectivity index (χ4v) is 2.34. The Morgan fingerprint density at radius 2 is 1.79 bits per heavy atom. The van der Waals surface area contributed by atoms with Crippen molar-refractivity contribution in [2.45, 2.75) is 6.92 Å². The highest BCUT2D eigenvalue weighted by Gasteiger charge is 2.16. The normalized spacial score (nSPS) is 11.3. The highest BCUT2D eigenvalue weighted by Crippen LogP contribution is 2.41. The molecular formula is C18H16F2O4. The van der Waals surface area contributed by atoms with E-state index < -0.39 is 17.6 Å². The Balaban J connectivity index is 2.72. The van der Waals surface area contributed by atoms with E-state index >= 15 is 0 Å². The van der Waals surface area contributed by atoms with E-state index in [1.807, 2.05) is 0 Å². The van der Waals surface area contributed by atoms with E-state index in [4.69, 9.17) is 14.6 Å². The minimum Gasteiger partial charge on any atom is -0.493 e.